The Kier molecular flexibility index (Phi) is 2.67. The number of benzene rings is 1. The van der Waals surface area contributed by atoms with E-state index in [1.807, 2.05) is 25.1 Å². The molecule has 0 aliphatic rings. The van der Waals surface area contributed by atoms with Crippen molar-refractivity contribution in [3.63, 3.8) is 0 Å². The zero-order valence-electron chi connectivity index (χ0n) is 9.03. The van der Waals surface area contributed by atoms with Crippen LogP contribution in [0.4, 0.5) is 0 Å². The minimum atomic E-state index is 0.590. The Labute approximate surface area is 98.9 Å². The van der Waals surface area contributed by atoms with E-state index in [-0.39, 0.29) is 0 Å². The number of nitrogens with zero attached hydrogens (tertiary/aromatic N) is 3. The highest BCUT2D eigenvalue weighted by molar-refractivity contribution is 6.32. The van der Waals surface area contributed by atoms with Crippen molar-refractivity contribution in [1.29, 1.82) is 5.26 Å². The second-order valence-corrected chi connectivity index (χ2v) is 3.93. The van der Waals surface area contributed by atoms with Gasteiger partial charge in [-0.3, -0.25) is 4.68 Å². The second-order valence-electron chi connectivity index (χ2n) is 3.57. The third-order valence-electron chi connectivity index (χ3n) is 2.43. The quantitative estimate of drug-likeness (QED) is 0.757. The molecule has 1 aromatic heterocycles. The van der Waals surface area contributed by atoms with E-state index in [2.05, 4.69) is 11.2 Å². The summed E-state index contributed by atoms with van der Waals surface area (Å²) in [5, 5.41) is 13.7. The SMILES string of the molecule is Cc1nn(C)c(Cl)c1-c1cccc(C#N)c1. The summed E-state index contributed by atoms with van der Waals surface area (Å²) in [4.78, 5) is 0. The topological polar surface area (TPSA) is 41.6 Å². The zero-order chi connectivity index (χ0) is 11.7. The summed E-state index contributed by atoms with van der Waals surface area (Å²) in [5.74, 6) is 0. The molecule has 80 valence electrons. The van der Waals surface area contributed by atoms with Crippen LogP contribution < -0.4 is 0 Å². The van der Waals surface area contributed by atoms with Gasteiger partial charge in [0.1, 0.15) is 5.15 Å². The van der Waals surface area contributed by atoms with E-state index < -0.39 is 0 Å². The Morgan fingerprint density at radius 1 is 1.44 bits per heavy atom. The minimum absolute atomic E-state index is 0.590. The van der Waals surface area contributed by atoms with Crippen LogP contribution in [0.1, 0.15) is 11.3 Å². The van der Waals surface area contributed by atoms with Crippen LogP contribution >= 0.6 is 11.6 Å². The summed E-state index contributed by atoms with van der Waals surface area (Å²) >= 11 is 6.16. The van der Waals surface area contributed by atoms with Crippen molar-refractivity contribution in [3.05, 3.63) is 40.7 Å². The molecular formula is C12H10ClN3. The first-order valence-corrected chi connectivity index (χ1v) is 5.21. The number of hydrogen-bond donors (Lipinski definition) is 0. The van der Waals surface area contributed by atoms with Crippen molar-refractivity contribution in [1.82, 2.24) is 9.78 Å². The summed E-state index contributed by atoms with van der Waals surface area (Å²) in [6, 6.07) is 9.47. The van der Waals surface area contributed by atoms with Gasteiger partial charge in [-0.2, -0.15) is 10.4 Å². The molecule has 0 N–H and O–H groups in total. The lowest BCUT2D eigenvalue weighted by Gasteiger charge is -2.01. The Morgan fingerprint density at radius 3 is 2.75 bits per heavy atom. The van der Waals surface area contributed by atoms with E-state index >= 15 is 0 Å². The summed E-state index contributed by atoms with van der Waals surface area (Å²) < 4.78 is 1.63. The minimum Gasteiger partial charge on any atom is -0.256 e. The van der Waals surface area contributed by atoms with Crippen LogP contribution in [-0.4, -0.2) is 9.78 Å². The van der Waals surface area contributed by atoms with Gasteiger partial charge < -0.3 is 0 Å². The van der Waals surface area contributed by atoms with Crippen LogP contribution in [0.5, 0.6) is 0 Å². The van der Waals surface area contributed by atoms with Gasteiger partial charge in [0.05, 0.1) is 17.3 Å². The third-order valence-corrected chi connectivity index (χ3v) is 2.87. The van der Waals surface area contributed by atoms with Crippen molar-refractivity contribution < 1.29 is 0 Å². The molecule has 2 aromatic rings. The molecule has 0 aliphatic heterocycles. The number of aryl methyl sites for hydroxylation is 2. The molecule has 0 fully saturated rings. The number of rotatable bonds is 1. The fourth-order valence-electron chi connectivity index (χ4n) is 1.70. The van der Waals surface area contributed by atoms with Crippen LogP contribution in [0.3, 0.4) is 0 Å². The van der Waals surface area contributed by atoms with Crippen LogP contribution in [0.25, 0.3) is 11.1 Å². The van der Waals surface area contributed by atoms with Crippen molar-refractivity contribution in [2.24, 2.45) is 7.05 Å². The van der Waals surface area contributed by atoms with Crippen LogP contribution in [0.2, 0.25) is 5.15 Å². The van der Waals surface area contributed by atoms with E-state index in [9.17, 15) is 0 Å². The molecule has 4 heteroatoms. The van der Waals surface area contributed by atoms with Gasteiger partial charge in [0.15, 0.2) is 0 Å². The molecule has 0 saturated carbocycles. The number of halogens is 1. The summed E-state index contributed by atoms with van der Waals surface area (Å²) in [5.41, 5.74) is 3.30. The van der Waals surface area contributed by atoms with Crippen LogP contribution in [-0.2, 0) is 7.05 Å². The Morgan fingerprint density at radius 2 is 2.19 bits per heavy atom. The van der Waals surface area contributed by atoms with Gasteiger partial charge in [-0.1, -0.05) is 23.7 Å². The Bertz CT molecular complexity index is 578. The first kappa shape index (κ1) is 10.7. The molecule has 1 heterocycles. The highest BCUT2D eigenvalue weighted by atomic mass is 35.5. The molecule has 16 heavy (non-hydrogen) atoms. The average Bonchev–Trinajstić information content (AvgIpc) is 2.53. The zero-order valence-corrected chi connectivity index (χ0v) is 9.78. The second kappa shape index (κ2) is 3.99. The molecular weight excluding hydrogens is 222 g/mol. The summed E-state index contributed by atoms with van der Waals surface area (Å²) in [7, 11) is 1.80. The fourth-order valence-corrected chi connectivity index (χ4v) is 1.99. The van der Waals surface area contributed by atoms with E-state index in [1.54, 1.807) is 17.8 Å². The molecule has 0 amide bonds. The van der Waals surface area contributed by atoms with Crippen LogP contribution in [0.15, 0.2) is 24.3 Å². The van der Waals surface area contributed by atoms with Crippen molar-refractivity contribution >= 4 is 11.6 Å². The lowest BCUT2D eigenvalue weighted by atomic mass is 10.0. The van der Waals surface area contributed by atoms with E-state index in [1.165, 1.54) is 0 Å². The third kappa shape index (κ3) is 1.68. The molecule has 0 radical (unpaired) electrons. The maximum atomic E-state index is 8.85. The lowest BCUT2D eigenvalue weighted by molar-refractivity contribution is 0.757. The highest BCUT2D eigenvalue weighted by Gasteiger charge is 2.13. The Hall–Kier alpha value is -1.79. The van der Waals surface area contributed by atoms with Gasteiger partial charge >= 0.3 is 0 Å². The monoisotopic (exact) mass is 231 g/mol. The van der Waals surface area contributed by atoms with Gasteiger partial charge in [-0.15, -0.1) is 0 Å². The van der Waals surface area contributed by atoms with Crippen molar-refractivity contribution in [2.45, 2.75) is 6.92 Å². The molecule has 0 aliphatic carbocycles. The molecule has 3 nitrogen and oxygen atoms in total. The molecule has 2 rings (SSSR count). The molecule has 0 saturated heterocycles. The standard InChI is InChI=1S/C12H10ClN3/c1-8-11(12(13)16(2)15-8)10-5-3-4-9(6-10)7-14/h3-6H,1-2H3. The molecule has 0 atom stereocenters. The van der Waals surface area contributed by atoms with Gasteiger partial charge in [-0.25, -0.2) is 0 Å². The number of aromatic nitrogens is 2. The molecule has 1 aromatic carbocycles. The Balaban J connectivity index is 2.63. The van der Waals surface area contributed by atoms with Crippen molar-refractivity contribution in [2.75, 3.05) is 0 Å². The number of nitriles is 1. The summed E-state index contributed by atoms with van der Waals surface area (Å²) in [6.45, 7) is 1.90. The van der Waals surface area contributed by atoms with E-state index in [0.29, 0.717) is 10.7 Å². The molecule has 0 unspecified atom stereocenters. The maximum absolute atomic E-state index is 8.85. The van der Waals surface area contributed by atoms with E-state index in [0.717, 1.165) is 16.8 Å². The fraction of sp³-hybridized carbons (Fsp3) is 0.167. The lowest BCUT2D eigenvalue weighted by Crippen LogP contribution is -1.89. The van der Waals surface area contributed by atoms with Gasteiger partial charge in [0.25, 0.3) is 0 Å². The molecule has 0 spiro atoms. The largest absolute Gasteiger partial charge is 0.256 e. The highest BCUT2D eigenvalue weighted by Crippen LogP contribution is 2.30. The number of hydrogen-bond acceptors (Lipinski definition) is 2. The molecule has 0 bridgehead atoms. The van der Waals surface area contributed by atoms with Gasteiger partial charge in [-0.05, 0) is 24.6 Å². The van der Waals surface area contributed by atoms with Gasteiger partial charge in [0.2, 0.25) is 0 Å². The van der Waals surface area contributed by atoms with E-state index in [4.69, 9.17) is 16.9 Å². The smallest absolute Gasteiger partial charge is 0.134 e. The first-order valence-electron chi connectivity index (χ1n) is 4.83. The average molecular weight is 232 g/mol. The predicted molar refractivity (Wildman–Crippen MR) is 63.1 cm³/mol. The summed E-state index contributed by atoms with van der Waals surface area (Å²) in [6.07, 6.45) is 0. The predicted octanol–water partition coefficient (Wildman–Crippen LogP) is 2.92. The van der Waals surface area contributed by atoms with Gasteiger partial charge in [0, 0.05) is 12.6 Å². The van der Waals surface area contributed by atoms with Crippen LogP contribution in [0, 0.1) is 18.3 Å². The first-order chi connectivity index (χ1) is 7.63. The normalized spacial score (nSPS) is 10.1. The van der Waals surface area contributed by atoms with Crippen molar-refractivity contribution in [3.8, 4) is 17.2 Å². The maximum Gasteiger partial charge on any atom is 0.134 e.